The second-order valence-corrected chi connectivity index (χ2v) is 4.08. The second kappa shape index (κ2) is 4.97. The van der Waals surface area contributed by atoms with Crippen molar-refractivity contribution in [3.05, 3.63) is 42.0 Å². The van der Waals surface area contributed by atoms with Crippen molar-refractivity contribution in [2.24, 2.45) is 0 Å². The van der Waals surface area contributed by atoms with E-state index < -0.39 is 17.9 Å². The Morgan fingerprint density at radius 3 is 2.16 bits per heavy atom. The zero-order valence-electron chi connectivity index (χ0n) is 10.2. The van der Waals surface area contributed by atoms with Gasteiger partial charge in [0.05, 0.1) is 7.11 Å². The van der Waals surface area contributed by atoms with E-state index in [-0.39, 0.29) is 5.56 Å². The molecule has 0 radical (unpaired) electrons. The first kappa shape index (κ1) is 12.9. The van der Waals surface area contributed by atoms with Crippen LogP contribution in [0, 0.1) is 0 Å². The molecule has 2 aromatic carbocycles. The number of fused-ring (bicyclic) bond motifs is 1. The highest BCUT2D eigenvalue weighted by molar-refractivity contribution is 6.00. The number of hydrogen-bond acceptors (Lipinski definition) is 3. The van der Waals surface area contributed by atoms with Crippen molar-refractivity contribution in [2.75, 3.05) is 7.11 Å². The minimum Gasteiger partial charge on any atom is -0.497 e. The molecule has 0 aromatic heterocycles. The van der Waals surface area contributed by atoms with E-state index in [1.807, 2.05) is 0 Å². The van der Waals surface area contributed by atoms with E-state index in [1.165, 1.54) is 6.07 Å². The van der Waals surface area contributed by atoms with E-state index in [0.29, 0.717) is 5.75 Å². The van der Waals surface area contributed by atoms with Crippen LogP contribution in [0.1, 0.15) is 11.5 Å². The summed E-state index contributed by atoms with van der Waals surface area (Å²) in [4.78, 5) is 22.0. The van der Waals surface area contributed by atoms with Gasteiger partial charge in [-0.05, 0) is 34.5 Å². The average Bonchev–Trinajstić information content (AvgIpc) is 2.37. The Kier molecular flexibility index (Phi) is 3.37. The lowest BCUT2D eigenvalue weighted by Crippen LogP contribution is -2.20. The summed E-state index contributed by atoms with van der Waals surface area (Å²) in [5.74, 6) is -3.61. The molecule has 2 aromatic rings. The van der Waals surface area contributed by atoms with Crippen molar-refractivity contribution in [3.63, 3.8) is 0 Å². The SMILES string of the molecule is COc1ccc2cc(C(C(=O)O)C(=O)O)ccc2c1. The smallest absolute Gasteiger partial charge is 0.322 e. The van der Waals surface area contributed by atoms with Crippen LogP contribution in [0.25, 0.3) is 10.8 Å². The molecule has 5 nitrogen and oxygen atoms in total. The third kappa shape index (κ3) is 2.49. The molecule has 0 saturated heterocycles. The molecule has 0 atom stereocenters. The van der Waals surface area contributed by atoms with Crippen LogP contribution in [0.2, 0.25) is 0 Å². The first-order chi connectivity index (χ1) is 9.02. The summed E-state index contributed by atoms with van der Waals surface area (Å²) in [5.41, 5.74) is 0.248. The Morgan fingerprint density at radius 2 is 1.58 bits per heavy atom. The lowest BCUT2D eigenvalue weighted by Gasteiger charge is -2.09. The van der Waals surface area contributed by atoms with Crippen LogP contribution in [0.4, 0.5) is 0 Å². The first-order valence-electron chi connectivity index (χ1n) is 5.56. The van der Waals surface area contributed by atoms with E-state index in [9.17, 15) is 9.59 Å². The van der Waals surface area contributed by atoms with Gasteiger partial charge in [0, 0.05) is 0 Å². The van der Waals surface area contributed by atoms with E-state index in [0.717, 1.165) is 10.8 Å². The lowest BCUT2D eigenvalue weighted by molar-refractivity contribution is -0.150. The molecular formula is C14H12O5. The van der Waals surface area contributed by atoms with Crippen LogP contribution in [-0.2, 0) is 9.59 Å². The van der Waals surface area contributed by atoms with Gasteiger partial charge < -0.3 is 14.9 Å². The molecule has 2 rings (SSSR count). The number of hydrogen-bond donors (Lipinski definition) is 2. The normalized spacial score (nSPS) is 10.6. The Bertz CT molecular complexity index is 633. The van der Waals surface area contributed by atoms with E-state index in [4.69, 9.17) is 14.9 Å². The van der Waals surface area contributed by atoms with Gasteiger partial charge >= 0.3 is 11.9 Å². The van der Waals surface area contributed by atoms with Crippen LogP contribution >= 0.6 is 0 Å². The quantitative estimate of drug-likeness (QED) is 0.822. The zero-order valence-corrected chi connectivity index (χ0v) is 10.2. The van der Waals surface area contributed by atoms with Gasteiger partial charge in [0.25, 0.3) is 0 Å². The van der Waals surface area contributed by atoms with Crippen molar-refractivity contribution < 1.29 is 24.5 Å². The molecule has 0 aliphatic rings. The van der Waals surface area contributed by atoms with Crippen molar-refractivity contribution in [1.82, 2.24) is 0 Å². The van der Waals surface area contributed by atoms with Crippen LogP contribution in [0.5, 0.6) is 5.75 Å². The Morgan fingerprint density at radius 1 is 1.00 bits per heavy atom. The Balaban J connectivity index is 2.52. The fraction of sp³-hybridized carbons (Fsp3) is 0.143. The number of carboxylic acids is 2. The molecule has 0 aliphatic carbocycles. The molecule has 0 unspecified atom stereocenters. The van der Waals surface area contributed by atoms with Crippen molar-refractivity contribution in [1.29, 1.82) is 0 Å². The van der Waals surface area contributed by atoms with E-state index in [1.54, 1.807) is 37.4 Å². The van der Waals surface area contributed by atoms with Crippen LogP contribution in [0.15, 0.2) is 36.4 Å². The molecule has 5 heteroatoms. The summed E-state index contributed by atoms with van der Waals surface area (Å²) in [6.45, 7) is 0. The number of methoxy groups -OCH3 is 1. The van der Waals surface area contributed by atoms with Gasteiger partial charge in [-0.1, -0.05) is 18.2 Å². The second-order valence-electron chi connectivity index (χ2n) is 4.08. The molecule has 0 amide bonds. The molecule has 0 spiro atoms. The number of carboxylic acid groups (broad SMARTS) is 2. The monoisotopic (exact) mass is 260 g/mol. The van der Waals surface area contributed by atoms with Gasteiger partial charge in [-0.2, -0.15) is 0 Å². The maximum absolute atomic E-state index is 11.0. The molecule has 0 heterocycles. The maximum atomic E-state index is 11.0. The highest BCUT2D eigenvalue weighted by Crippen LogP contribution is 2.25. The van der Waals surface area contributed by atoms with E-state index in [2.05, 4.69) is 0 Å². The molecule has 0 aliphatic heterocycles. The van der Waals surface area contributed by atoms with Crippen molar-refractivity contribution in [3.8, 4) is 5.75 Å². The predicted molar refractivity (Wildman–Crippen MR) is 68.5 cm³/mol. The Labute approximate surface area is 109 Å². The minimum atomic E-state index is -1.55. The van der Waals surface area contributed by atoms with Gasteiger partial charge in [-0.3, -0.25) is 9.59 Å². The highest BCUT2D eigenvalue weighted by atomic mass is 16.5. The van der Waals surface area contributed by atoms with Crippen molar-refractivity contribution in [2.45, 2.75) is 5.92 Å². The van der Waals surface area contributed by atoms with Gasteiger partial charge in [0.15, 0.2) is 5.92 Å². The third-order valence-electron chi connectivity index (χ3n) is 2.90. The van der Waals surface area contributed by atoms with Crippen molar-refractivity contribution >= 4 is 22.7 Å². The number of ether oxygens (including phenoxy) is 1. The molecule has 0 bridgehead atoms. The largest absolute Gasteiger partial charge is 0.497 e. The number of aliphatic carboxylic acids is 2. The predicted octanol–water partition coefficient (Wildman–Crippen LogP) is 2.10. The Hall–Kier alpha value is -2.56. The third-order valence-corrected chi connectivity index (χ3v) is 2.90. The molecule has 0 saturated carbocycles. The fourth-order valence-corrected chi connectivity index (χ4v) is 1.94. The molecule has 98 valence electrons. The van der Waals surface area contributed by atoms with Gasteiger partial charge in [0.2, 0.25) is 0 Å². The lowest BCUT2D eigenvalue weighted by atomic mass is 9.96. The number of benzene rings is 2. The number of rotatable bonds is 4. The summed E-state index contributed by atoms with van der Waals surface area (Å²) in [5, 5.41) is 19.5. The van der Waals surface area contributed by atoms with Gasteiger partial charge in [0.1, 0.15) is 5.75 Å². The highest BCUT2D eigenvalue weighted by Gasteiger charge is 2.27. The molecule has 0 fully saturated rings. The number of carbonyl (C=O) groups is 2. The first-order valence-corrected chi connectivity index (χ1v) is 5.56. The summed E-state index contributed by atoms with van der Waals surface area (Å²) < 4.78 is 5.09. The summed E-state index contributed by atoms with van der Waals surface area (Å²) in [6.07, 6.45) is 0. The van der Waals surface area contributed by atoms with Gasteiger partial charge in [-0.25, -0.2) is 0 Å². The minimum absolute atomic E-state index is 0.248. The fourth-order valence-electron chi connectivity index (χ4n) is 1.94. The average molecular weight is 260 g/mol. The van der Waals surface area contributed by atoms with Crippen LogP contribution in [0.3, 0.4) is 0 Å². The zero-order chi connectivity index (χ0) is 14.0. The van der Waals surface area contributed by atoms with Crippen LogP contribution in [-0.4, -0.2) is 29.3 Å². The molecule has 2 N–H and O–H groups in total. The standard InChI is InChI=1S/C14H12O5/c1-19-11-5-4-8-6-10(3-2-9(8)7-11)12(13(15)16)14(17)18/h2-7,12H,1H3,(H,15,16)(H,17,18). The van der Waals surface area contributed by atoms with Gasteiger partial charge in [-0.15, -0.1) is 0 Å². The topological polar surface area (TPSA) is 83.8 Å². The molecular weight excluding hydrogens is 248 g/mol. The summed E-state index contributed by atoms with van der Waals surface area (Å²) in [6, 6.07) is 10.1. The maximum Gasteiger partial charge on any atom is 0.322 e. The van der Waals surface area contributed by atoms with E-state index >= 15 is 0 Å². The van der Waals surface area contributed by atoms with Crippen LogP contribution < -0.4 is 4.74 Å². The summed E-state index contributed by atoms with van der Waals surface area (Å²) in [7, 11) is 1.56. The summed E-state index contributed by atoms with van der Waals surface area (Å²) >= 11 is 0. The molecule has 19 heavy (non-hydrogen) atoms.